The van der Waals surface area contributed by atoms with Gasteiger partial charge in [-0.05, 0) is 23.8 Å². The predicted octanol–water partition coefficient (Wildman–Crippen LogP) is 1.52. The lowest BCUT2D eigenvalue weighted by molar-refractivity contribution is 0.596. The van der Waals surface area contributed by atoms with Crippen LogP contribution in [0.15, 0.2) is 35.7 Å². The molecule has 7 heteroatoms. The summed E-state index contributed by atoms with van der Waals surface area (Å²) >= 11 is 0. The van der Waals surface area contributed by atoms with Crippen LogP contribution in [0.2, 0.25) is 0 Å². The highest BCUT2D eigenvalue weighted by Gasteiger charge is 2.36. The lowest BCUT2D eigenvalue weighted by Crippen LogP contribution is -2.25. The maximum absolute atomic E-state index is 12.2. The van der Waals surface area contributed by atoms with Crippen LogP contribution in [-0.2, 0) is 26.0 Å². The molecule has 22 heavy (non-hydrogen) atoms. The summed E-state index contributed by atoms with van der Waals surface area (Å²) in [5.74, 6) is -0.0336. The van der Waals surface area contributed by atoms with Gasteiger partial charge in [-0.2, -0.15) is 0 Å². The van der Waals surface area contributed by atoms with Gasteiger partial charge in [-0.25, -0.2) is 16.8 Å². The third kappa shape index (κ3) is 3.35. The van der Waals surface area contributed by atoms with E-state index in [1.165, 1.54) is 6.08 Å². The summed E-state index contributed by atoms with van der Waals surface area (Å²) in [4.78, 5) is 2.15. The van der Waals surface area contributed by atoms with Crippen molar-refractivity contribution in [1.82, 2.24) is 0 Å². The van der Waals surface area contributed by atoms with Crippen LogP contribution in [0.3, 0.4) is 0 Å². The van der Waals surface area contributed by atoms with Crippen LogP contribution in [0, 0.1) is 6.54 Å². The van der Waals surface area contributed by atoms with E-state index >= 15 is 0 Å². The van der Waals surface area contributed by atoms with E-state index in [-0.39, 0.29) is 21.8 Å². The van der Waals surface area contributed by atoms with Crippen molar-refractivity contribution in [3.8, 4) is 0 Å². The lowest BCUT2D eigenvalue weighted by atomic mass is 9.87. The van der Waals surface area contributed by atoms with E-state index < -0.39 is 20.5 Å². The minimum atomic E-state index is -3.37. The second-order valence-corrected chi connectivity index (χ2v) is 9.00. The predicted molar refractivity (Wildman–Crippen MR) is 88.5 cm³/mol. The molecular formula is C15H20NO4S2. The minimum absolute atomic E-state index is 0.0673. The van der Waals surface area contributed by atoms with Crippen LogP contribution in [0.4, 0.5) is 5.69 Å². The Kier molecular flexibility index (Phi) is 4.67. The number of hydrogen-bond donors (Lipinski definition) is 1. The molecule has 121 valence electrons. The zero-order valence-electron chi connectivity index (χ0n) is 12.7. The first-order chi connectivity index (χ1) is 10.2. The van der Waals surface area contributed by atoms with Crippen molar-refractivity contribution in [2.45, 2.75) is 24.2 Å². The Bertz CT molecular complexity index is 756. The van der Waals surface area contributed by atoms with Gasteiger partial charge in [-0.15, -0.1) is 6.58 Å². The highest BCUT2D eigenvalue weighted by atomic mass is 32.2. The van der Waals surface area contributed by atoms with E-state index in [4.69, 9.17) is 0 Å². The van der Waals surface area contributed by atoms with Crippen LogP contribution in [0.1, 0.15) is 19.4 Å². The van der Waals surface area contributed by atoms with Gasteiger partial charge in [0, 0.05) is 17.6 Å². The second kappa shape index (κ2) is 6.04. The maximum atomic E-state index is 12.2. The molecule has 1 aliphatic heterocycles. The van der Waals surface area contributed by atoms with Gasteiger partial charge < -0.3 is 4.90 Å². The molecule has 1 aromatic carbocycles. The highest BCUT2D eigenvalue weighted by Crippen LogP contribution is 2.44. The molecule has 1 aromatic rings. The van der Waals surface area contributed by atoms with Crippen molar-refractivity contribution < 1.29 is 16.8 Å². The van der Waals surface area contributed by atoms with Crippen LogP contribution in [0.5, 0.6) is 0 Å². The molecule has 0 saturated heterocycles. The molecule has 0 amide bonds. The molecule has 0 aromatic heterocycles. The average molecular weight is 342 g/mol. The molecule has 5 nitrogen and oxygen atoms in total. The molecule has 0 spiro atoms. The first-order valence-electron chi connectivity index (χ1n) is 6.90. The van der Waals surface area contributed by atoms with Crippen LogP contribution in [-0.4, -0.2) is 34.9 Å². The van der Waals surface area contributed by atoms with Crippen LogP contribution >= 0.6 is 0 Å². The third-order valence-electron chi connectivity index (χ3n) is 3.67. The summed E-state index contributed by atoms with van der Waals surface area (Å²) in [7, 11) is -5.81. The van der Waals surface area contributed by atoms with Crippen molar-refractivity contribution in [1.29, 1.82) is 0 Å². The molecule has 0 N–H and O–H groups in total. The molecule has 0 unspecified atom stereocenters. The van der Waals surface area contributed by atoms with Gasteiger partial charge in [-0.3, -0.25) is 0 Å². The molecule has 1 aliphatic rings. The van der Waals surface area contributed by atoms with E-state index in [0.717, 1.165) is 11.3 Å². The highest BCUT2D eigenvalue weighted by molar-refractivity contribution is 7.91. The smallest absolute Gasteiger partial charge is 0.181 e. The van der Waals surface area contributed by atoms with Crippen LogP contribution in [0.25, 0.3) is 0 Å². The van der Waals surface area contributed by atoms with Gasteiger partial charge in [-0.1, -0.05) is 19.9 Å². The first kappa shape index (κ1) is 17.0. The van der Waals surface area contributed by atoms with E-state index in [1.54, 1.807) is 18.2 Å². The van der Waals surface area contributed by atoms with Gasteiger partial charge in [0.2, 0.25) is 0 Å². The number of thiol groups is 1. The number of nitrogens with zero attached hydrogens (tertiary/aromatic N) is 1. The molecule has 1 radical (unpaired) electrons. The number of anilines is 1. The fraction of sp³-hybridized carbons (Fsp3) is 0.400. The largest absolute Gasteiger partial charge is 0.364 e. The zero-order valence-corrected chi connectivity index (χ0v) is 14.4. The molecule has 0 bridgehead atoms. The molecule has 2 rings (SSSR count). The summed E-state index contributed by atoms with van der Waals surface area (Å²) in [6.45, 7) is 9.75. The van der Waals surface area contributed by atoms with Crippen molar-refractivity contribution in [2.75, 3.05) is 23.0 Å². The summed E-state index contributed by atoms with van der Waals surface area (Å²) in [5, 5.41) is 0. The van der Waals surface area contributed by atoms with Gasteiger partial charge in [0.1, 0.15) is 10.7 Å². The fourth-order valence-corrected chi connectivity index (χ4v) is 4.08. The minimum Gasteiger partial charge on any atom is -0.364 e. The Hall–Kier alpha value is -1.34. The molecule has 0 aliphatic carbocycles. The Labute approximate surface area is 133 Å². The van der Waals surface area contributed by atoms with Gasteiger partial charge >= 0.3 is 0 Å². The normalized spacial score (nSPS) is 16.8. The Morgan fingerprint density at radius 1 is 1.32 bits per heavy atom. The van der Waals surface area contributed by atoms with Crippen molar-refractivity contribution in [3.63, 3.8) is 0 Å². The average Bonchev–Trinajstić information content (AvgIpc) is 2.67. The standard InChI is InChI=1S/C15H20NO4S2/c1-4-9-22(19,20)12-5-6-14-13(10-12)15(2,3)11-16(14)7-8-21(17)18/h4-6,10-11,21H,1,7-9H2,2-3H3. The number of benzene rings is 1. The fourth-order valence-electron chi connectivity index (χ4n) is 2.63. The van der Waals surface area contributed by atoms with E-state index in [2.05, 4.69) is 6.58 Å². The maximum Gasteiger partial charge on any atom is 0.181 e. The number of rotatable bonds is 6. The summed E-state index contributed by atoms with van der Waals surface area (Å²) in [5.41, 5.74) is 1.40. The SMILES string of the molecule is C=CCS(=O)(=O)c1ccc2c(c1)C(C)(C)[CH]N2CC[SH](=O)=O. The number of hydrogen-bond acceptors (Lipinski definition) is 5. The van der Waals surface area contributed by atoms with Crippen molar-refractivity contribution >= 4 is 26.2 Å². The molecular weight excluding hydrogens is 322 g/mol. The first-order valence-corrected chi connectivity index (χ1v) is 9.91. The monoisotopic (exact) mass is 342 g/mol. The Morgan fingerprint density at radius 2 is 2.00 bits per heavy atom. The van der Waals surface area contributed by atoms with Gasteiger partial charge in [0.25, 0.3) is 0 Å². The zero-order chi connectivity index (χ0) is 16.5. The van der Waals surface area contributed by atoms with E-state index in [9.17, 15) is 16.8 Å². The van der Waals surface area contributed by atoms with Crippen molar-refractivity contribution in [2.24, 2.45) is 0 Å². The number of sulfone groups is 1. The Balaban J connectivity index is 2.42. The summed E-state index contributed by atoms with van der Waals surface area (Å²) in [6, 6.07) is 4.99. The molecule has 0 fully saturated rings. The third-order valence-corrected chi connectivity index (χ3v) is 5.88. The number of fused-ring (bicyclic) bond motifs is 1. The molecule has 0 saturated carbocycles. The Morgan fingerprint density at radius 3 is 2.59 bits per heavy atom. The molecule has 1 heterocycles. The summed E-state index contributed by atoms with van der Waals surface area (Å²) in [6.07, 6.45) is 1.37. The summed E-state index contributed by atoms with van der Waals surface area (Å²) < 4.78 is 45.9. The molecule has 0 atom stereocenters. The van der Waals surface area contributed by atoms with E-state index in [1.807, 2.05) is 25.3 Å². The topological polar surface area (TPSA) is 71.5 Å². The van der Waals surface area contributed by atoms with Gasteiger partial charge in [0.05, 0.1) is 22.9 Å². The van der Waals surface area contributed by atoms with Gasteiger partial charge in [0.15, 0.2) is 9.84 Å². The van der Waals surface area contributed by atoms with Crippen molar-refractivity contribution in [3.05, 3.63) is 43.0 Å². The van der Waals surface area contributed by atoms with Crippen LogP contribution < -0.4 is 4.90 Å². The quantitative estimate of drug-likeness (QED) is 0.627. The second-order valence-electron chi connectivity index (χ2n) is 5.85. The van der Waals surface area contributed by atoms with E-state index in [0.29, 0.717) is 6.54 Å². The lowest BCUT2D eigenvalue weighted by Gasteiger charge is -2.20.